The average Bonchev–Trinajstić information content (AvgIpc) is 2.73. The first-order valence-corrected chi connectivity index (χ1v) is 10.0. The van der Waals surface area contributed by atoms with Gasteiger partial charge in [-0.25, -0.2) is 0 Å². The molecule has 1 N–H and O–H groups in total. The third-order valence-electron chi connectivity index (χ3n) is 5.15. The van der Waals surface area contributed by atoms with Gasteiger partial charge < -0.3 is 15.0 Å². The summed E-state index contributed by atoms with van der Waals surface area (Å²) in [5.41, 5.74) is 3.49. The van der Waals surface area contributed by atoms with Crippen LogP contribution in [0.4, 0.5) is 5.69 Å². The minimum atomic E-state index is -0.523. The monoisotopic (exact) mass is 366 g/mol. The van der Waals surface area contributed by atoms with Gasteiger partial charge in [-0.1, -0.05) is 37.3 Å². The molecule has 1 saturated heterocycles. The zero-order valence-electron chi connectivity index (χ0n) is 16.4. The Balaban J connectivity index is 1.50. The molecular weight excluding hydrogens is 336 g/mol. The fourth-order valence-electron chi connectivity index (χ4n) is 3.46. The summed E-state index contributed by atoms with van der Waals surface area (Å²) in [6.07, 6.45) is 4.25. The van der Waals surface area contributed by atoms with Crippen LogP contribution in [-0.4, -0.2) is 25.1 Å². The van der Waals surface area contributed by atoms with E-state index in [4.69, 9.17) is 4.74 Å². The quantitative estimate of drug-likeness (QED) is 0.793. The van der Waals surface area contributed by atoms with Gasteiger partial charge in [-0.3, -0.25) is 4.79 Å². The van der Waals surface area contributed by atoms with Crippen molar-refractivity contribution < 1.29 is 9.53 Å². The summed E-state index contributed by atoms with van der Waals surface area (Å²) >= 11 is 0. The van der Waals surface area contributed by atoms with Crippen molar-refractivity contribution in [3.63, 3.8) is 0 Å². The van der Waals surface area contributed by atoms with Gasteiger partial charge in [-0.2, -0.15) is 0 Å². The van der Waals surface area contributed by atoms with E-state index in [1.807, 2.05) is 24.3 Å². The normalized spacial score (nSPS) is 15.3. The first-order valence-electron chi connectivity index (χ1n) is 10.0. The first-order chi connectivity index (χ1) is 13.2. The summed E-state index contributed by atoms with van der Waals surface area (Å²) in [6.45, 7) is 6.68. The number of hydrogen-bond donors (Lipinski definition) is 1. The average molecular weight is 367 g/mol. The van der Waals surface area contributed by atoms with Gasteiger partial charge in [0.1, 0.15) is 5.75 Å². The summed E-state index contributed by atoms with van der Waals surface area (Å²) in [5, 5.41) is 2.98. The molecule has 27 heavy (non-hydrogen) atoms. The van der Waals surface area contributed by atoms with Crippen LogP contribution in [0.15, 0.2) is 48.5 Å². The fourth-order valence-corrected chi connectivity index (χ4v) is 3.46. The van der Waals surface area contributed by atoms with Crippen LogP contribution in [0.3, 0.4) is 0 Å². The highest BCUT2D eigenvalue weighted by Crippen LogP contribution is 2.21. The standard InChI is InChI=1S/C23H30N2O2/c1-3-20-9-5-6-10-22(20)27-18(2)23(26)24-17-19-11-13-21(14-12-19)25-15-7-4-8-16-25/h5-6,9-14,18H,3-4,7-8,15-17H2,1-2H3,(H,24,26)/t18-/m1/s1. The highest BCUT2D eigenvalue weighted by Gasteiger charge is 2.16. The number of ether oxygens (including phenoxy) is 1. The van der Waals surface area contributed by atoms with Crippen molar-refractivity contribution in [2.75, 3.05) is 18.0 Å². The van der Waals surface area contributed by atoms with E-state index in [9.17, 15) is 4.79 Å². The number of amides is 1. The van der Waals surface area contributed by atoms with E-state index in [-0.39, 0.29) is 5.91 Å². The van der Waals surface area contributed by atoms with E-state index in [1.54, 1.807) is 6.92 Å². The SMILES string of the molecule is CCc1ccccc1O[C@H](C)C(=O)NCc1ccc(N2CCCCC2)cc1. The third kappa shape index (κ3) is 5.25. The summed E-state index contributed by atoms with van der Waals surface area (Å²) in [6, 6.07) is 16.4. The number of anilines is 1. The summed E-state index contributed by atoms with van der Waals surface area (Å²) in [5.74, 6) is 0.689. The maximum atomic E-state index is 12.4. The number of benzene rings is 2. The van der Waals surface area contributed by atoms with E-state index < -0.39 is 6.10 Å². The van der Waals surface area contributed by atoms with Crippen LogP contribution in [0.5, 0.6) is 5.75 Å². The Morgan fingerprint density at radius 2 is 1.78 bits per heavy atom. The lowest BCUT2D eigenvalue weighted by Crippen LogP contribution is -2.36. The molecule has 0 bridgehead atoms. The van der Waals surface area contributed by atoms with Crippen molar-refractivity contribution in [1.29, 1.82) is 0 Å². The highest BCUT2D eigenvalue weighted by molar-refractivity contribution is 5.80. The summed E-state index contributed by atoms with van der Waals surface area (Å²) in [7, 11) is 0. The predicted octanol–water partition coefficient (Wildman–Crippen LogP) is 4.32. The molecule has 0 aromatic heterocycles. The van der Waals surface area contributed by atoms with Gasteiger partial charge in [0.15, 0.2) is 6.10 Å². The van der Waals surface area contributed by atoms with Crippen molar-refractivity contribution in [2.24, 2.45) is 0 Å². The molecule has 2 aromatic rings. The van der Waals surface area contributed by atoms with Gasteiger partial charge in [0.2, 0.25) is 0 Å². The van der Waals surface area contributed by atoms with E-state index in [0.717, 1.165) is 36.4 Å². The van der Waals surface area contributed by atoms with Crippen LogP contribution in [0.25, 0.3) is 0 Å². The summed E-state index contributed by atoms with van der Waals surface area (Å²) in [4.78, 5) is 14.8. The molecule has 3 rings (SSSR count). The van der Waals surface area contributed by atoms with Crippen LogP contribution >= 0.6 is 0 Å². The molecule has 2 aromatic carbocycles. The van der Waals surface area contributed by atoms with Crippen LogP contribution in [-0.2, 0) is 17.8 Å². The van der Waals surface area contributed by atoms with Gasteiger partial charge in [0.05, 0.1) is 0 Å². The number of carbonyl (C=O) groups is 1. The number of rotatable bonds is 7. The molecule has 0 spiro atoms. The van der Waals surface area contributed by atoms with Crippen LogP contribution in [0, 0.1) is 0 Å². The molecule has 1 aliphatic heterocycles. The van der Waals surface area contributed by atoms with Crippen molar-refractivity contribution >= 4 is 11.6 Å². The zero-order chi connectivity index (χ0) is 19.1. The molecule has 0 saturated carbocycles. The Kier molecular flexibility index (Phi) is 6.74. The molecule has 1 atom stereocenters. The second kappa shape index (κ2) is 9.45. The largest absolute Gasteiger partial charge is 0.481 e. The number of hydrogen-bond acceptors (Lipinski definition) is 3. The van der Waals surface area contributed by atoms with E-state index in [1.165, 1.54) is 24.9 Å². The first kappa shape index (κ1) is 19.3. The molecule has 4 nitrogen and oxygen atoms in total. The van der Waals surface area contributed by atoms with Gasteiger partial charge in [-0.05, 0) is 61.9 Å². The number of carbonyl (C=O) groups excluding carboxylic acids is 1. The Bertz CT molecular complexity index is 736. The molecule has 1 aliphatic rings. The van der Waals surface area contributed by atoms with Crippen molar-refractivity contribution in [1.82, 2.24) is 5.32 Å². The van der Waals surface area contributed by atoms with E-state index in [2.05, 4.69) is 41.4 Å². The number of aryl methyl sites for hydroxylation is 1. The van der Waals surface area contributed by atoms with Gasteiger partial charge in [0.25, 0.3) is 5.91 Å². The third-order valence-corrected chi connectivity index (χ3v) is 5.15. The zero-order valence-corrected chi connectivity index (χ0v) is 16.4. The minimum absolute atomic E-state index is 0.0963. The molecule has 0 aliphatic carbocycles. The lowest BCUT2D eigenvalue weighted by molar-refractivity contribution is -0.127. The maximum Gasteiger partial charge on any atom is 0.261 e. The maximum absolute atomic E-state index is 12.4. The molecule has 1 amide bonds. The molecule has 0 radical (unpaired) electrons. The number of nitrogens with one attached hydrogen (secondary N) is 1. The van der Waals surface area contributed by atoms with Crippen molar-refractivity contribution in [3.8, 4) is 5.75 Å². The smallest absolute Gasteiger partial charge is 0.261 e. The van der Waals surface area contributed by atoms with Crippen molar-refractivity contribution in [3.05, 3.63) is 59.7 Å². The lowest BCUT2D eigenvalue weighted by Gasteiger charge is -2.28. The Morgan fingerprint density at radius 1 is 1.07 bits per heavy atom. The van der Waals surface area contributed by atoms with Gasteiger partial charge in [-0.15, -0.1) is 0 Å². The van der Waals surface area contributed by atoms with Gasteiger partial charge in [0, 0.05) is 25.3 Å². The van der Waals surface area contributed by atoms with Gasteiger partial charge >= 0.3 is 0 Å². The second-order valence-corrected chi connectivity index (χ2v) is 7.15. The highest BCUT2D eigenvalue weighted by atomic mass is 16.5. The van der Waals surface area contributed by atoms with Crippen LogP contribution in [0.1, 0.15) is 44.2 Å². The van der Waals surface area contributed by atoms with Crippen LogP contribution in [0.2, 0.25) is 0 Å². The molecule has 144 valence electrons. The molecule has 1 fully saturated rings. The predicted molar refractivity (Wildman–Crippen MR) is 110 cm³/mol. The topological polar surface area (TPSA) is 41.6 Å². The summed E-state index contributed by atoms with van der Waals surface area (Å²) < 4.78 is 5.87. The van der Waals surface area contributed by atoms with Crippen LogP contribution < -0.4 is 15.0 Å². The van der Waals surface area contributed by atoms with Crippen molar-refractivity contribution in [2.45, 2.75) is 52.2 Å². The number of piperidine rings is 1. The minimum Gasteiger partial charge on any atom is -0.481 e. The molecular formula is C23H30N2O2. The number of para-hydroxylation sites is 1. The van der Waals surface area contributed by atoms with E-state index >= 15 is 0 Å². The Morgan fingerprint density at radius 3 is 2.48 bits per heavy atom. The second-order valence-electron chi connectivity index (χ2n) is 7.15. The molecule has 1 heterocycles. The Labute approximate surface area is 162 Å². The molecule has 0 unspecified atom stereocenters. The molecule has 4 heteroatoms. The lowest BCUT2D eigenvalue weighted by atomic mass is 10.1. The number of nitrogens with zero attached hydrogens (tertiary/aromatic N) is 1. The van der Waals surface area contributed by atoms with E-state index in [0.29, 0.717) is 6.54 Å². The Hall–Kier alpha value is -2.49. The fraction of sp³-hybridized carbons (Fsp3) is 0.435.